The molecule has 2 amide bonds. The van der Waals surface area contributed by atoms with E-state index < -0.39 is 26.5 Å². The summed E-state index contributed by atoms with van der Waals surface area (Å²) in [5.41, 5.74) is 2.94. The molecule has 1 heterocycles. The predicted octanol–water partition coefficient (Wildman–Crippen LogP) is 2.38. The van der Waals surface area contributed by atoms with Crippen LogP contribution >= 0.6 is 11.8 Å². The minimum absolute atomic E-state index is 0.0146. The Hall–Kier alpha value is -2.36. The van der Waals surface area contributed by atoms with Crippen molar-refractivity contribution in [3.05, 3.63) is 59.2 Å². The third-order valence-electron chi connectivity index (χ3n) is 5.09. The van der Waals surface area contributed by atoms with E-state index in [4.69, 9.17) is 0 Å². The van der Waals surface area contributed by atoms with E-state index in [1.165, 1.54) is 17.3 Å². The van der Waals surface area contributed by atoms with Crippen molar-refractivity contribution in [1.29, 1.82) is 0 Å². The minimum Gasteiger partial charge on any atom is -0.331 e. The Morgan fingerprint density at radius 2 is 1.87 bits per heavy atom. The Morgan fingerprint density at radius 3 is 2.48 bits per heavy atom. The molecule has 1 aliphatic rings. The number of carbonyl (C=O) groups is 2. The topological polar surface area (TPSA) is 104 Å². The van der Waals surface area contributed by atoms with Gasteiger partial charge in [0.1, 0.15) is 5.50 Å². The van der Waals surface area contributed by atoms with Crippen molar-refractivity contribution in [2.45, 2.75) is 42.8 Å². The van der Waals surface area contributed by atoms with Gasteiger partial charge in [-0.15, -0.1) is 11.8 Å². The van der Waals surface area contributed by atoms with Gasteiger partial charge < -0.3 is 10.6 Å². The summed E-state index contributed by atoms with van der Waals surface area (Å²) in [7, 11) is -3.82. The molecule has 1 aliphatic heterocycles. The number of carbonyl (C=O) groups excluding carboxylic acids is 2. The van der Waals surface area contributed by atoms with E-state index >= 15 is 0 Å². The minimum atomic E-state index is -3.82. The van der Waals surface area contributed by atoms with E-state index in [9.17, 15) is 18.0 Å². The van der Waals surface area contributed by atoms with Crippen LogP contribution in [0.5, 0.6) is 0 Å². The number of hydrogen-bond donors (Lipinski definition) is 3. The summed E-state index contributed by atoms with van der Waals surface area (Å²) in [6, 6.07) is 12.7. The van der Waals surface area contributed by atoms with Gasteiger partial charge in [0.2, 0.25) is 11.8 Å². The molecule has 31 heavy (non-hydrogen) atoms. The maximum absolute atomic E-state index is 13.0. The maximum Gasteiger partial charge on any atom is 0.241 e. The van der Waals surface area contributed by atoms with Gasteiger partial charge in [-0.1, -0.05) is 36.8 Å². The molecule has 0 saturated carbocycles. The maximum atomic E-state index is 13.0. The van der Waals surface area contributed by atoms with Gasteiger partial charge in [-0.05, 0) is 49.6 Å². The molecule has 2 aromatic carbocycles. The third-order valence-corrected chi connectivity index (χ3v) is 8.34. The molecular formula is C22H27N3O4S2. The quantitative estimate of drug-likeness (QED) is 0.585. The second-order valence-electron chi connectivity index (χ2n) is 7.51. The van der Waals surface area contributed by atoms with Crippen LogP contribution in [0.4, 0.5) is 5.69 Å². The number of rotatable bonds is 7. The summed E-state index contributed by atoms with van der Waals surface area (Å²) in [4.78, 5) is 24.9. The highest BCUT2D eigenvalue weighted by molar-refractivity contribution is 8.00. The lowest BCUT2D eigenvalue weighted by molar-refractivity contribution is -0.122. The molecule has 2 aromatic rings. The summed E-state index contributed by atoms with van der Waals surface area (Å²) in [5.74, 6) is -0.649. The van der Waals surface area contributed by atoms with Gasteiger partial charge in [0.25, 0.3) is 0 Å². The average Bonchev–Trinajstić information content (AvgIpc) is 2.72. The fourth-order valence-electron chi connectivity index (χ4n) is 3.38. The first-order valence-corrected chi connectivity index (χ1v) is 12.7. The Labute approximate surface area is 187 Å². The van der Waals surface area contributed by atoms with Crippen molar-refractivity contribution in [3.63, 3.8) is 0 Å². The van der Waals surface area contributed by atoms with Gasteiger partial charge in [0.05, 0.1) is 10.6 Å². The van der Waals surface area contributed by atoms with E-state index in [2.05, 4.69) is 22.9 Å². The van der Waals surface area contributed by atoms with Gasteiger partial charge in [0.15, 0.2) is 15.1 Å². The van der Waals surface area contributed by atoms with E-state index in [1.54, 1.807) is 25.1 Å². The van der Waals surface area contributed by atoms with Crippen molar-refractivity contribution in [3.8, 4) is 0 Å². The van der Waals surface area contributed by atoms with Crippen LogP contribution in [0.3, 0.4) is 0 Å². The van der Waals surface area contributed by atoms with Gasteiger partial charge in [-0.3, -0.25) is 14.9 Å². The fourth-order valence-corrected chi connectivity index (χ4v) is 5.92. The van der Waals surface area contributed by atoms with Crippen molar-refractivity contribution >= 4 is 39.1 Å². The zero-order valence-corrected chi connectivity index (χ0v) is 19.4. The molecule has 2 unspecified atom stereocenters. The number of hydrogen-bond acceptors (Lipinski definition) is 6. The van der Waals surface area contributed by atoms with Gasteiger partial charge >= 0.3 is 0 Å². The number of anilines is 1. The Balaban J connectivity index is 1.55. The summed E-state index contributed by atoms with van der Waals surface area (Å²) in [5, 5.41) is 7.28. The first kappa shape index (κ1) is 23.3. The van der Waals surface area contributed by atoms with E-state index in [0.29, 0.717) is 11.3 Å². The zero-order chi connectivity index (χ0) is 22.6. The van der Waals surface area contributed by atoms with E-state index in [-0.39, 0.29) is 23.1 Å². The van der Waals surface area contributed by atoms with Crippen molar-refractivity contribution in [2.24, 2.45) is 0 Å². The Bertz CT molecular complexity index is 1070. The van der Waals surface area contributed by atoms with Crippen LogP contribution in [0.15, 0.2) is 47.4 Å². The number of sulfone groups is 1. The monoisotopic (exact) mass is 461 g/mol. The highest BCUT2D eigenvalue weighted by Gasteiger charge is 2.39. The molecule has 1 saturated heterocycles. The Morgan fingerprint density at radius 1 is 1.16 bits per heavy atom. The first-order chi connectivity index (χ1) is 14.7. The van der Waals surface area contributed by atoms with Crippen LogP contribution < -0.4 is 16.0 Å². The lowest BCUT2D eigenvalue weighted by atomic mass is 10.1. The molecule has 0 aromatic heterocycles. The molecule has 0 aliphatic carbocycles. The van der Waals surface area contributed by atoms with E-state index in [0.717, 1.165) is 12.0 Å². The van der Waals surface area contributed by atoms with Crippen LogP contribution in [-0.2, 0) is 25.8 Å². The molecule has 166 valence electrons. The van der Waals surface area contributed by atoms with Crippen LogP contribution in [0, 0.1) is 13.8 Å². The molecule has 2 atom stereocenters. The molecule has 3 rings (SSSR count). The molecule has 0 radical (unpaired) electrons. The number of aryl methyl sites for hydroxylation is 3. The van der Waals surface area contributed by atoms with Gasteiger partial charge in [-0.25, -0.2) is 8.42 Å². The molecule has 0 spiro atoms. The van der Waals surface area contributed by atoms with E-state index in [1.807, 2.05) is 31.2 Å². The number of nitrogens with one attached hydrogen (secondary N) is 3. The molecule has 7 nitrogen and oxygen atoms in total. The molecule has 1 fully saturated rings. The second kappa shape index (κ2) is 9.84. The molecular weight excluding hydrogens is 434 g/mol. The van der Waals surface area contributed by atoms with Crippen LogP contribution in [-0.4, -0.2) is 43.3 Å². The SMILES string of the molecule is CCc1ccc(NC(=O)CSC2NCC(S(=O)(=O)c3ccc(C)cc3C)C(=O)N2)cc1. The number of benzene rings is 2. The van der Waals surface area contributed by atoms with Crippen LogP contribution in [0.1, 0.15) is 23.6 Å². The second-order valence-corrected chi connectivity index (χ2v) is 10.7. The highest BCUT2D eigenvalue weighted by atomic mass is 32.2. The largest absolute Gasteiger partial charge is 0.331 e. The molecule has 9 heteroatoms. The summed E-state index contributed by atoms with van der Waals surface area (Å²) >= 11 is 1.20. The lowest BCUT2D eigenvalue weighted by Gasteiger charge is -2.30. The van der Waals surface area contributed by atoms with Gasteiger partial charge in [0, 0.05) is 12.2 Å². The third kappa shape index (κ3) is 5.66. The lowest BCUT2D eigenvalue weighted by Crippen LogP contribution is -2.59. The highest BCUT2D eigenvalue weighted by Crippen LogP contribution is 2.23. The summed E-state index contributed by atoms with van der Waals surface area (Å²) in [6.07, 6.45) is 0.928. The normalized spacial score (nSPS) is 19.0. The standard InChI is InChI=1S/C22H27N3O4S2/c1-4-16-6-8-17(9-7-16)24-20(26)13-30-22-23-12-19(21(27)25-22)31(28,29)18-10-5-14(2)11-15(18)3/h5-11,19,22-23H,4,12-13H2,1-3H3,(H,24,26)(H,25,27). The van der Waals surface area contributed by atoms with Crippen LogP contribution in [0.25, 0.3) is 0 Å². The zero-order valence-electron chi connectivity index (χ0n) is 17.8. The van der Waals surface area contributed by atoms with Crippen molar-refractivity contribution in [1.82, 2.24) is 10.6 Å². The summed E-state index contributed by atoms with van der Waals surface area (Å²) < 4.78 is 26.0. The smallest absolute Gasteiger partial charge is 0.241 e. The Kier molecular flexibility index (Phi) is 7.40. The van der Waals surface area contributed by atoms with Crippen molar-refractivity contribution in [2.75, 3.05) is 17.6 Å². The average molecular weight is 462 g/mol. The number of amides is 2. The predicted molar refractivity (Wildman–Crippen MR) is 124 cm³/mol. The fraction of sp³-hybridized carbons (Fsp3) is 0.364. The van der Waals surface area contributed by atoms with Crippen LogP contribution in [0.2, 0.25) is 0 Å². The van der Waals surface area contributed by atoms with Gasteiger partial charge in [-0.2, -0.15) is 0 Å². The van der Waals surface area contributed by atoms with Crippen molar-refractivity contribution < 1.29 is 18.0 Å². The summed E-state index contributed by atoms with van der Waals surface area (Å²) in [6.45, 7) is 5.66. The molecule has 3 N–H and O–H groups in total. The first-order valence-electron chi connectivity index (χ1n) is 10.1. The number of thioether (sulfide) groups is 1. The molecule has 0 bridgehead atoms.